The van der Waals surface area contributed by atoms with Gasteiger partial charge in [0.1, 0.15) is 5.03 Å². The molecule has 7 heteroatoms. The molecular weight excluding hydrogens is 344 g/mol. The van der Waals surface area contributed by atoms with Crippen LogP contribution in [0.3, 0.4) is 0 Å². The van der Waals surface area contributed by atoms with Crippen molar-refractivity contribution in [2.24, 2.45) is 0 Å². The number of anilines is 1. The third kappa shape index (κ3) is 3.72. The Morgan fingerprint density at radius 3 is 2.62 bits per heavy atom. The highest BCUT2D eigenvalue weighted by atomic mass is 35.5. The van der Waals surface area contributed by atoms with Crippen LogP contribution in [0.1, 0.15) is 10.4 Å². The number of nitrogens with one attached hydrogen (secondary N) is 1. The van der Waals surface area contributed by atoms with Crippen molar-refractivity contribution in [2.45, 2.75) is 5.03 Å². The Labute approximate surface area is 148 Å². The first-order valence-corrected chi connectivity index (χ1v) is 8.66. The van der Waals surface area contributed by atoms with Crippen LogP contribution in [-0.2, 0) is 0 Å². The van der Waals surface area contributed by atoms with E-state index >= 15 is 0 Å². The summed E-state index contributed by atoms with van der Waals surface area (Å²) in [4.78, 5) is 25.1. The summed E-state index contributed by atoms with van der Waals surface area (Å²) in [7, 11) is 0. The molecular formula is C17H13ClN4OS. The van der Waals surface area contributed by atoms with E-state index < -0.39 is 0 Å². The van der Waals surface area contributed by atoms with E-state index in [0.717, 1.165) is 5.56 Å². The van der Waals surface area contributed by atoms with E-state index in [1.807, 2.05) is 18.4 Å². The summed E-state index contributed by atoms with van der Waals surface area (Å²) >= 11 is 7.39. The molecule has 0 radical (unpaired) electrons. The molecule has 24 heavy (non-hydrogen) atoms. The Bertz CT molecular complexity index is 870. The summed E-state index contributed by atoms with van der Waals surface area (Å²) < 4.78 is 0. The van der Waals surface area contributed by atoms with Gasteiger partial charge in [-0.3, -0.25) is 4.79 Å². The monoisotopic (exact) mass is 356 g/mol. The van der Waals surface area contributed by atoms with Crippen molar-refractivity contribution in [1.29, 1.82) is 0 Å². The predicted octanol–water partition coefficient (Wildman–Crippen LogP) is 4.17. The Kier molecular flexibility index (Phi) is 5.08. The quantitative estimate of drug-likeness (QED) is 0.711. The Morgan fingerprint density at radius 1 is 1.12 bits per heavy atom. The summed E-state index contributed by atoms with van der Waals surface area (Å²) in [5, 5.41) is 4.07. The molecule has 0 aliphatic carbocycles. The van der Waals surface area contributed by atoms with Crippen LogP contribution in [-0.4, -0.2) is 27.1 Å². The number of nitrogens with zero attached hydrogens (tertiary/aromatic N) is 3. The standard InChI is InChI=1S/C17H13ClN4OS/c1-24-17-14(6-3-7-19-17)16(23)22-13-9-20-15(21-10-13)11-4-2-5-12(18)8-11/h2-10H,1H3,(H,22,23). The van der Waals surface area contributed by atoms with Gasteiger partial charge < -0.3 is 5.32 Å². The molecule has 0 fully saturated rings. The minimum Gasteiger partial charge on any atom is -0.319 e. The lowest BCUT2D eigenvalue weighted by Gasteiger charge is -2.08. The van der Waals surface area contributed by atoms with Gasteiger partial charge in [0, 0.05) is 16.8 Å². The number of aromatic nitrogens is 3. The fraction of sp³-hybridized carbons (Fsp3) is 0.0588. The first-order valence-electron chi connectivity index (χ1n) is 7.05. The Balaban J connectivity index is 1.78. The molecule has 0 spiro atoms. The van der Waals surface area contributed by atoms with E-state index in [2.05, 4.69) is 20.3 Å². The molecule has 0 bridgehead atoms. The summed E-state index contributed by atoms with van der Waals surface area (Å²) in [5.41, 5.74) is 1.85. The summed E-state index contributed by atoms with van der Waals surface area (Å²) in [6.07, 6.45) is 6.67. The number of rotatable bonds is 4. The fourth-order valence-corrected chi connectivity index (χ4v) is 2.83. The summed E-state index contributed by atoms with van der Waals surface area (Å²) in [5.74, 6) is 0.299. The number of thioether (sulfide) groups is 1. The van der Waals surface area contributed by atoms with Crippen LogP contribution in [0.5, 0.6) is 0 Å². The average molecular weight is 357 g/mol. The lowest BCUT2D eigenvalue weighted by atomic mass is 10.2. The van der Waals surface area contributed by atoms with Crippen LogP contribution in [0, 0.1) is 0 Å². The molecule has 0 atom stereocenters. The topological polar surface area (TPSA) is 67.8 Å². The van der Waals surface area contributed by atoms with Crippen LogP contribution in [0.25, 0.3) is 11.4 Å². The second-order valence-electron chi connectivity index (χ2n) is 4.82. The first kappa shape index (κ1) is 16.4. The van der Waals surface area contributed by atoms with Gasteiger partial charge in [0.15, 0.2) is 5.82 Å². The van der Waals surface area contributed by atoms with Crippen LogP contribution in [0.4, 0.5) is 5.69 Å². The third-order valence-corrected chi connectivity index (χ3v) is 4.15. The zero-order valence-electron chi connectivity index (χ0n) is 12.7. The van der Waals surface area contributed by atoms with E-state index in [1.165, 1.54) is 11.8 Å². The highest BCUT2D eigenvalue weighted by Crippen LogP contribution is 2.21. The van der Waals surface area contributed by atoms with Gasteiger partial charge in [-0.1, -0.05) is 23.7 Å². The number of hydrogen-bond donors (Lipinski definition) is 1. The number of benzene rings is 1. The highest BCUT2D eigenvalue weighted by Gasteiger charge is 2.12. The maximum absolute atomic E-state index is 12.4. The largest absolute Gasteiger partial charge is 0.319 e. The number of pyridine rings is 1. The zero-order valence-corrected chi connectivity index (χ0v) is 14.3. The van der Waals surface area contributed by atoms with Crippen molar-refractivity contribution in [3.8, 4) is 11.4 Å². The molecule has 3 rings (SSSR count). The van der Waals surface area contributed by atoms with Crippen LogP contribution in [0.15, 0.2) is 60.0 Å². The molecule has 2 aromatic heterocycles. The average Bonchev–Trinajstić information content (AvgIpc) is 2.62. The lowest BCUT2D eigenvalue weighted by molar-refractivity contribution is 0.102. The molecule has 0 aliphatic rings. The third-order valence-electron chi connectivity index (χ3n) is 3.20. The van der Waals surface area contributed by atoms with Crippen molar-refractivity contribution >= 4 is 35.0 Å². The van der Waals surface area contributed by atoms with E-state index in [1.54, 1.807) is 42.9 Å². The number of carbonyl (C=O) groups excluding carboxylic acids is 1. The molecule has 0 saturated carbocycles. The van der Waals surface area contributed by atoms with Gasteiger partial charge in [-0.15, -0.1) is 11.8 Å². The highest BCUT2D eigenvalue weighted by molar-refractivity contribution is 7.98. The maximum Gasteiger partial charge on any atom is 0.258 e. The first-order chi connectivity index (χ1) is 11.7. The molecule has 120 valence electrons. The SMILES string of the molecule is CSc1ncccc1C(=O)Nc1cnc(-c2cccc(Cl)c2)nc1. The second kappa shape index (κ2) is 7.42. The number of halogens is 1. The normalized spacial score (nSPS) is 10.4. The van der Waals surface area contributed by atoms with Gasteiger partial charge in [-0.25, -0.2) is 15.0 Å². The lowest BCUT2D eigenvalue weighted by Crippen LogP contribution is -2.14. The Morgan fingerprint density at radius 2 is 1.92 bits per heavy atom. The molecule has 1 N–H and O–H groups in total. The summed E-state index contributed by atoms with van der Waals surface area (Å²) in [6.45, 7) is 0. The van der Waals surface area contributed by atoms with Crippen LogP contribution in [0.2, 0.25) is 5.02 Å². The van der Waals surface area contributed by atoms with E-state index in [4.69, 9.17) is 11.6 Å². The van der Waals surface area contributed by atoms with E-state index in [9.17, 15) is 4.79 Å². The predicted molar refractivity (Wildman–Crippen MR) is 96.4 cm³/mol. The smallest absolute Gasteiger partial charge is 0.258 e. The molecule has 5 nitrogen and oxygen atoms in total. The van der Waals surface area contributed by atoms with Crippen molar-refractivity contribution < 1.29 is 4.79 Å². The van der Waals surface area contributed by atoms with Gasteiger partial charge in [0.2, 0.25) is 0 Å². The second-order valence-corrected chi connectivity index (χ2v) is 6.05. The van der Waals surface area contributed by atoms with Crippen molar-refractivity contribution in [3.05, 3.63) is 65.6 Å². The molecule has 0 saturated heterocycles. The van der Waals surface area contributed by atoms with Crippen molar-refractivity contribution in [2.75, 3.05) is 11.6 Å². The number of hydrogen-bond acceptors (Lipinski definition) is 5. The Hall–Kier alpha value is -2.44. The molecule has 1 aromatic carbocycles. The maximum atomic E-state index is 12.4. The van der Waals surface area contributed by atoms with Crippen molar-refractivity contribution in [3.63, 3.8) is 0 Å². The van der Waals surface area contributed by atoms with Gasteiger partial charge in [-0.05, 0) is 30.5 Å². The van der Waals surface area contributed by atoms with Gasteiger partial charge in [-0.2, -0.15) is 0 Å². The minimum atomic E-state index is -0.244. The zero-order chi connectivity index (χ0) is 16.9. The minimum absolute atomic E-state index is 0.244. The van der Waals surface area contributed by atoms with Gasteiger partial charge in [0.05, 0.1) is 23.6 Å². The molecule has 1 amide bonds. The van der Waals surface area contributed by atoms with E-state index in [0.29, 0.717) is 27.1 Å². The van der Waals surface area contributed by atoms with E-state index in [-0.39, 0.29) is 5.91 Å². The summed E-state index contributed by atoms with van der Waals surface area (Å²) in [6, 6.07) is 10.7. The van der Waals surface area contributed by atoms with Gasteiger partial charge in [0.25, 0.3) is 5.91 Å². The van der Waals surface area contributed by atoms with Crippen LogP contribution >= 0.6 is 23.4 Å². The molecule has 3 aromatic rings. The fourth-order valence-electron chi connectivity index (χ4n) is 2.09. The molecule has 2 heterocycles. The number of amides is 1. The molecule has 0 unspecified atom stereocenters. The van der Waals surface area contributed by atoms with Gasteiger partial charge >= 0.3 is 0 Å². The molecule has 0 aliphatic heterocycles. The number of carbonyl (C=O) groups is 1. The van der Waals surface area contributed by atoms with Crippen LogP contribution < -0.4 is 5.32 Å². The van der Waals surface area contributed by atoms with Crippen molar-refractivity contribution in [1.82, 2.24) is 15.0 Å².